The van der Waals surface area contributed by atoms with Gasteiger partial charge < -0.3 is 20.5 Å². The quantitative estimate of drug-likeness (QED) is 0.542. The van der Waals surface area contributed by atoms with Crippen LogP contribution >= 0.6 is 0 Å². The van der Waals surface area contributed by atoms with Crippen molar-refractivity contribution in [1.29, 1.82) is 0 Å². The van der Waals surface area contributed by atoms with E-state index in [9.17, 15) is 14.4 Å². The Hall–Kier alpha value is -3.61. The van der Waals surface area contributed by atoms with Crippen LogP contribution in [0.1, 0.15) is 49.1 Å². The largest absolute Gasteiger partial charge is 0.481 e. The van der Waals surface area contributed by atoms with Gasteiger partial charge in [-0.1, -0.05) is 60.7 Å². The highest BCUT2D eigenvalue weighted by molar-refractivity contribution is 5.81. The molecule has 7 heteroatoms. The Bertz CT molecular complexity index is 1110. The number of carbonyl (C=O) groups is 3. The molecule has 2 atom stereocenters. The van der Waals surface area contributed by atoms with E-state index in [2.05, 4.69) is 34.9 Å². The van der Waals surface area contributed by atoms with Gasteiger partial charge in [0.25, 0.3) is 0 Å². The van der Waals surface area contributed by atoms with Crippen LogP contribution in [-0.2, 0) is 14.3 Å². The second-order valence-corrected chi connectivity index (χ2v) is 9.50. The summed E-state index contributed by atoms with van der Waals surface area (Å²) >= 11 is 0. The zero-order chi connectivity index (χ0) is 23.7. The number of hydrogen-bond donors (Lipinski definition) is 3. The van der Waals surface area contributed by atoms with Gasteiger partial charge in [0.2, 0.25) is 5.91 Å². The van der Waals surface area contributed by atoms with Gasteiger partial charge in [-0.3, -0.25) is 9.59 Å². The highest BCUT2D eigenvalue weighted by atomic mass is 16.5. The van der Waals surface area contributed by atoms with E-state index < -0.39 is 23.5 Å². The minimum Gasteiger partial charge on any atom is -0.481 e. The van der Waals surface area contributed by atoms with Crippen molar-refractivity contribution < 1.29 is 24.2 Å². The van der Waals surface area contributed by atoms with E-state index in [-0.39, 0.29) is 30.9 Å². The highest BCUT2D eigenvalue weighted by Gasteiger charge is 2.41. The zero-order valence-corrected chi connectivity index (χ0v) is 18.8. The molecule has 34 heavy (non-hydrogen) atoms. The minimum absolute atomic E-state index is 0.0184. The van der Waals surface area contributed by atoms with Crippen LogP contribution < -0.4 is 10.6 Å². The summed E-state index contributed by atoms with van der Waals surface area (Å²) in [4.78, 5) is 36.5. The van der Waals surface area contributed by atoms with E-state index in [1.54, 1.807) is 12.2 Å². The number of amides is 2. The van der Waals surface area contributed by atoms with Gasteiger partial charge >= 0.3 is 12.1 Å². The van der Waals surface area contributed by atoms with Crippen LogP contribution in [-0.4, -0.2) is 41.3 Å². The molecule has 0 saturated heterocycles. The molecule has 0 aliphatic heterocycles. The van der Waals surface area contributed by atoms with Crippen molar-refractivity contribution in [3.63, 3.8) is 0 Å². The number of ether oxygens (including phenoxy) is 1. The molecule has 3 aliphatic carbocycles. The van der Waals surface area contributed by atoms with Crippen molar-refractivity contribution >= 4 is 18.0 Å². The fraction of sp³-hybridized carbons (Fsp3) is 0.370. The summed E-state index contributed by atoms with van der Waals surface area (Å²) in [6.45, 7) is 0.228. The molecule has 0 radical (unpaired) electrons. The second kappa shape index (κ2) is 8.97. The molecule has 3 aliphatic rings. The molecule has 2 amide bonds. The third kappa shape index (κ3) is 4.30. The maximum Gasteiger partial charge on any atom is 0.407 e. The Balaban J connectivity index is 1.17. The van der Waals surface area contributed by atoms with Crippen molar-refractivity contribution in [3.05, 3.63) is 71.8 Å². The number of nitrogens with one attached hydrogen (secondary N) is 2. The first-order chi connectivity index (χ1) is 16.4. The Labute approximate surface area is 198 Å². The summed E-state index contributed by atoms with van der Waals surface area (Å²) in [6, 6.07) is 16.1. The van der Waals surface area contributed by atoms with Crippen LogP contribution in [0.5, 0.6) is 0 Å². The number of benzene rings is 2. The molecule has 7 nitrogen and oxygen atoms in total. The van der Waals surface area contributed by atoms with E-state index in [1.165, 1.54) is 11.1 Å². The van der Waals surface area contributed by atoms with Crippen molar-refractivity contribution in [1.82, 2.24) is 10.6 Å². The summed E-state index contributed by atoms with van der Waals surface area (Å²) < 4.78 is 5.67. The van der Waals surface area contributed by atoms with Crippen LogP contribution in [0.3, 0.4) is 0 Å². The Morgan fingerprint density at radius 3 is 2.18 bits per heavy atom. The number of carbonyl (C=O) groups excluding carboxylic acids is 2. The fourth-order valence-electron chi connectivity index (χ4n) is 5.35. The average Bonchev–Trinajstić information content (AvgIpc) is 3.39. The topological polar surface area (TPSA) is 105 Å². The smallest absolute Gasteiger partial charge is 0.407 e. The van der Waals surface area contributed by atoms with Crippen molar-refractivity contribution in [2.24, 2.45) is 5.92 Å². The van der Waals surface area contributed by atoms with E-state index >= 15 is 0 Å². The highest BCUT2D eigenvalue weighted by Crippen LogP contribution is 2.44. The molecule has 1 saturated carbocycles. The number of hydrogen-bond acceptors (Lipinski definition) is 4. The second-order valence-electron chi connectivity index (χ2n) is 9.50. The third-order valence-corrected chi connectivity index (χ3v) is 7.27. The molecule has 5 rings (SSSR count). The normalized spacial score (nSPS) is 21.8. The summed E-state index contributed by atoms with van der Waals surface area (Å²) in [6.07, 6.45) is 5.69. The lowest BCUT2D eigenvalue weighted by Crippen LogP contribution is -2.56. The Morgan fingerprint density at radius 1 is 0.971 bits per heavy atom. The molecule has 2 unspecified atom stereocenters. The molecule has 0 aromatic heterocycles. The fourth-order valence-corrected chi connectivity index (χ4v) is 5.35. The number of aliphatic carboxylic acids is 1. The third-order valence-electron chi connectivity index (χ3n) is 7.27. The monoisotopic (exact) mass is 460 g/mol. The van der Waals surface area contributed by atoms with Crippen molar-refractivity contribution in [3.8, 4) is 11.1 Å². The van der Waals surface area contributed by atoms with Crippen LogP contribution in [0.2, 0.25) is 0 Å². The Kier molecular flexibility index (Phi) is 5.86. The van der Waals surface area contributed by atoms with Gasteiger partial charge in [-0.2, -0.15) is 0 Å². The lowest BCUT2D eigenvalue weighted by Gasteiger charge is -2.41. The first kappa shape index (κ1) is 22.2. The van der Waals surface area contributed by atoms with Crippen LogP contribution in [0.25, 0.3) is 11.1 Å². The van der Waals surface area contributed by atoms with Crippen LogP contribution in [0.4, 0.5) is 4.79 Å². The number of rotatable bonds is 7. The molecule has 1 fully saturated rings. The molecule has 3 N–H and O–H groups in total. The number of carboxylic acids is 1. The number of fused-ring (bicyclic) bond motifs is 3. The molecule has 2 aromatic rings. The molecule has 176 valence electrons. The molecular formula is C27H28N2O5. The van der Waals surface area contributed by atoms with Gasteiger partial charge in [-0.25, -0.2) is 4.79 Å². The van der Waals surface area contributed by atoms with Crippen molar-refractivity contribution in [2.45, 2.75) is 49.6 Å². The molecule has 0 spiro atoms. The summed E-state index contributed by atoms with van der Waals surface area (Å²) in [7, 11) is 0. The lowest BCUT2D eigenvalue weighted by atomic mass is 9.74. The van der Waals surface area contributed by atoms with E-state index in [0.717, 1.165) is 17.5 Å². The zero-order valence-electron chi connectivity index (χ0n) is 18.8. The SMILES string of the molecule is O=C(CC1(NC(=O)OCC2c3ccccc3-c3ccccc32)CCC1)NC1C=CC(C(=O)O)C1. The summed E-state index contributed by atoms with van der Waals surface area (Å²) in [5.74, 6) is -1.67. The number of alkyl carbamates (subject to hydrolysis) is 1. The van der Waals surface area contributed by atoms with Gasteiger partial charge in [0.1, 0.15) is 6.61 Å². The first-order valence-corrected chi connectivity index (χ1v) is 11.8. The van der Waals surface area contributed by atoms with Gasteiger partial charge in [-0.15, -0.1) is 0 Å². The lowest BCUT2D eigenvalue weighted by molar-refractivity contribution is -0.140. The van der Waals surface area contributed by atoms with Gasteiger partial charge in [0.05, 0.1) is 11.5 Å². The molecule has 0 bridgehead atoms. The predicted molar refractivity (Wildman–Crippen MR) is 126 cm³/mol. The minimum atomic E-state index is -0.889. The summed E-state index contributed by atoms with van der Waals surface area (Å²) in [5, 5.41) is 14.9. The molecule has 0 heterocycles. The summed E-state index contributed by atoms with van der Waals surface area (Å²) in [5.41, 5.74) is 4.04. The average molecular weight is 461 g/mol. The van der Waals surface area contributed by atoms with Gasteiger partial charge in [0, 0.05) is 18.4 Å². The predicted octanol–water partition coefficient (Wildman–Crippen LogP) is 3.98. The van der Waals surface area contributed by atoms with E-state index in [1.807, 2.05) is 24.3 Å². The van der Waals surface area contributed by atoms with E-state index in [0.29, 0.717) is 19.3 Å². The van der Waals surface area contributed by atoms with Crippen LogP contribution in [0, 0.1) is 5.92 Å². The van der Waals surface area contributed by atoms with Crippen LogP contribution in [0.15, 0.2) is 60.7 Å². The van der Waals surface area contributed by atoms with Gasteiger partial charge in [0.15, 0.2) is 0 Å². The first-order valence-electron chi connectivity index (χ1n) is 11.8. The number of carboxylic acid groups (broad SMARTS) is 1. The molecular weight excluding hydrogens is 432 g/mol. The maximum atomic E-state index is 12.7. The van der Waals surface area contributed by atoms with Gasteiger partial charge in [-0.05, 0) is 47.9 Å². The molecule has 2 aromatic carbocycles. The standard InChI is InChI=1S/C27H28N2O5/c30-24(28-18-11-10-17(14-18)25(31)32)15-27(12-5-13-27)29-26(33)34-16-23-21-8-3-1-6-19(21)20-7-2-4-9-22(20)23/h1-4,6-11,17-18,23H,5,12-16H2,(H,28,30)(H,29,33)(H,31,32). The van der Waals surface area contributed by atoms with Crippen molar-refractivity contribution in [2.75, 3.05) is 6.61 Å². The van der Waals surface area contributed by atoms with E-state index in [4.69, 9.17) is 9.84 Å². The Morgan fingerprint density at radius 2 is 1.62 bits per heavy atom. The maximum absolute atomic E-state index is 12.7.